The van der Waals surface area contributed by atoms with Crippen molar-refractivity contribution in [1.82, 2.24) is 9.88 Å². The highest BCUT2D eigenvalue weighted by Gasteiger charge is 2.26. The maximum absolute atomic E-state index is 12.5. The number of piperidine rings is 1. The molecule has 0 saturated carbocycles. The summed E-state index contributed by atoms with van der Waals surface area (Å²) >= 11 is 1.77. The second kappa shape index (κ2) is 8.01. The highest BCUT2D eigenvalue weighted by Crippen LogP contribution is 2.33. The van der Waals surface area contributed by atoms with E-state index in [2.05, 4.69) is 12.1 Å². The van der Waals surface area contributed by atoms with Gasteiger partial charge in [0.15, 0.2) is 5.78 Å². The van der Waals surface area contributed by atoms with Gasteiger partial charge < -0.3 is 4.90 Å². The molecule has 1 aliphatic heterocycles. The predicted octanol–water partition coefficient (Wildman–Crippen LogP) is 4.67. The largest absolute Gasteiger partial charge is 0.343 e. The molecule has 0 radical (unpaired) electrons. The molecule has 1 aliphatic rings. The van der Waals surface area contributed by atoms with Gasteiger partial charge in [0.25, 0.3) is 0 Å². The quantitative estimate of drug-likeness (QED) is 0.607. The molecule has 2 aromatic carbocycles. The molecule has 1 aromatic heterocycles. The van der Waals surface area contributed by atoms with E-state index in [1.807, 2.05) is 35.2 Å². The van der Waals surface area contributed by atoms with Crippen LogP contribution in [0.5, 0.6) is 0 Å². The minimum atomic E-state index is 0.0355. The lowest BCUT2D eigenvalue weighted by molar-refractivity contribution is -0.132. The first-order chi connectivity index (χ1) is 13.2. The normalized spacial score (nSPS) is 15.2. The third-order valence-electron chi connectivity index (χ3n) is 5.17. The predicted molar refractivity (Wildman–Crippen MR) is 108 cm³/mol. The second-order valence-corrected chi connectivity index (χ2v) is 8.03. The zero-order chi connectivity index (χ0) is 18.6. The van der Waals surface area contributed by atoms with Crippen molar-refractivity contribution in [1.29, 1.82) is 0 Å². The van der Waals surface area contributed by atoms with Gasteiger partial charge in [-0.15, -0.1) is 11.3 Å². The summed E-state index contributed by atoms with van der Waals surface area (Å²) in [6, 6.07) is 17.4. The summed E-state index contributed by atoms with van der Waals surface area (Å²) in [4.78, 5) is 31.3. The number of Topliss-reactive ketones (excluding diaryl/α,β-unsaturated/α-hetero) is 1. The molecule has 4 rings (SSSR count). The number of para-hydroxylation sites is 1. The highest BCUT2D eigenvalue weighted by atomic mass is 32.1. The number of fused-ring (bicyclic) bond motifs is 1. The average molecular weight is 378 g/mol. The fourth-order valence-corrected chi connectivity index (χ4v) is 4.72. The Hall–Kier alpha value is -2.53. The Labute approximate surface area is 162 Å². The maximum atomic E-state index is 12.5. The molecule has 27 heavy (non-hydrogen) atoms. The number of amides is 1. The number of ketones is 1. The van der Waals surface area contributed by atoms with Crippen LogP contribution in [0.25, 0.3) is 10.2 Å². The molecule has 1 amide bonds. The summed E-state index contributed by atoms with van der Waals surface area (Å²) in [5.74, 6) is 0.549. The van der Waals surface area contributed by atoms with E-state index in [9.17, 15) is 9.59 Å². The molecule has 2 heterocycles. The van der Waals surface area contributed by atoms with Gasteiger partial charge >= 0.3 is 0 Å². The lowest BCUT2D eigenvalue weighted by atomic mass is 9.97. The van der Waals surface area contributed by atoms with Gasteiger partial charge in [0, 0.05) is 37.4 Å². The van der Waals surface area contributed by atoms with Gasteiger partial charge in [0.2, 0.25) is 5.91 Å². The highest BCUT2D eigenvalue weighted by molar-refractivity contribution is 7.18. The Bertz CT molecular complexity index is 910. The smallest absolute Gasteiger partial charge is 0.223 e. The SMILES string of the molecule is O=C(CCC(=O)N1CCC(c2nc3ccccc3s2)CC1)c1ccccc1. The Morgan fingerprint density at radius 2 is 1.67 bits per heavy atom. The zero-order valence-corrected chi connectivity index (χ0v) is 16.0. The molecule has 138 valence electrons. The third kappa shape index (κ3) is 4.08. The van der Waals surface area contributed by atoms with Crippen molar-refractivity contribution in [2.45, 2.75) is 31.6 Å². The first-order valence-corrected chi connectivity index (χ1v) is 10.2. The number of nitrogens with zero attached hydrogens (tertiary/aromatic N) is 2. The molecule has 3 aromatic rings. The van der Waals surface area contributed by atoms with Gasteiger partial charge in [-0.05, 0) is 25.0 Å². The van der Waals surface area contributed by atoms with Crippen molar-refractivity contribution in [2.75, 3.05) is 13.1 Å². The number of thiazole rings is 1. The molecular weight excluding hydrogens is 356 g/mol. The van der Waals surface area contributed by atoms with Crippen LogP contribution in [0.1, 0.15) is 47.0 Å². The Kier molecular flexibility index (Phi) is 5.30. The number of hydrogen-bond donors (Lipinski definition) is 0. The van der Waals surface area contributed by atoms with Gasteiger partial charge in [-0.3, -0.25) is 9.59 Å². The summed E-state index contributed by atoms with van der Waals surface area (Å²) in [6.07, 6.45) is 2.45. The maximum Gasteiger partial charge on any atom is 0.223 e. The fourth-order valence-electron chi connectivity index (χ4n) is 3.59. The van der Waals surface area contributed by atoms with Crippen LogP contribution in [0.2, 0.25) is 0 Å². The second-order valence-electron chi connectivity index (χ2n) is 6.96. The van der Waals surface area contributed by atoms with Crippen molar-refractivity contribution in [3.63, 3.8) is 0 Å². The first kappa shape index (κ1) is 17.9. The van der Waals surface area contributed by atoms with Crippen molar-refractivity contribution in [3.05, 3.63) is 65.2 Å². The van der Waals surface area contributed by atoms with E-state index in [1.54, 1.807) is 23.5 Å². The van der Waals surface area contributed by atoms with E-state index < -0.39 is 0 Å². The first-order valence-electron chi connectivity index (χ1n) is 9.42. The molecule has 0 bridgehead atoms. The number of carbonyl (C=O) groups is 2. The molecule has 4 nitrogen and oxygen atoms in total. The van der Waals surface area contributed by atoms with Crippen molar-refractivity contribution in [3.8, 4) is 0 Å². The summed E-state index contributed by atoms with van der Waals surface area (Å²) in [5, 5.41) is 1.18. The molecule has 0 N–H and O–H groups in total. The van der Waals surface area contributed by atoms with E-state index in [4.69, 9.17) is 4.98 Å². The molecule has 0 spiro atoms. The van der Waals surface area contributed by atoms with Crippen molar-refractivity contribution in [2.24, 2.45) is 0 Å². The number of rotatable bonds is 5. The van der Waals surface area contributed by atoms with E-state index in [1.165, 1.54) is 9.71 Å². The van der Waals surface area contributed by atoms with Crippen LogP contribution in [0, 0.1) is 0 Å². The standard InChI is InChI=1S/C22H22N2O2S/c25-19(16-6-2-1-3-7-16)10-11-21(26)24-14-12-17(13-15-24)22-23-18-8-4-5-9-20(18)27-22/h1-9,17H,10-15H2. The molecular formula is C22H22N2O2S. The monoisotopic (exact) mass is 378 g/mol. The molecule has 1 saturated heterocycles. The third-order valence-corrected chi connectivity index (χ3v) is 6.37. The summed E-state index contributed by atoms with van der Waals surface area (Å²) < 4.78 is 1.23. The molecule has 0 unspecified atom stereocenters. The van der Waals surface area contributed by atoms with E-state index in [-0.39, 0.29) is 18.1 Å². The zero-order valence-electron chi connectivity index (χ0n) is 15.1. The summed E-state index contributed by atoms with van der Waals surface area (Å²) in [5.41, 5.74) is 1.75. The van der Waals surface area contributed by atoms with E-state index in [0.29, 0.717) is 17.9 Å². The Morgan fingerprint density at radius 1 is 0.963 bits per heavy atom. The van der Waals surface area contributed by atoms with Crippen LogP contribution in [0.3, 0.4) is 0 Å². The average Bonchev–Trinajstić information content (AvgIpc) is 3.17. The number of hydrogen-bond acceptors (Lipinski definition) is 4. The number of aromatic nitrogens is 1. The van der Waals surface area contributed by atoms with Gasteiger partial charge in [-0.25, -0.2) is 4.98 Å². The Morgan fingerprint density at radius 3 is 2.41 bits per heavy atom. The number of benzene rings is 2. The van der Waals surface area contributed by atoms with Crippen molar-refractivity contribution < 1.29 is 9.59 Å². The molecule has 0 aliphatic carbocycles. The van der Waals surface area contributed by atoms with Gasteiger partial charge in [-0.2, -0.15) is 0 Å². The van der Waals surface area contributed by atoms with E-state index >= 15 is 0 Å². The van der Waals surface area contributed by atoms with Crippen molar-refractivity contribution >= 4 is 33.2 Å². The van der Waals surface area contributed by atoms with Gasteiger partial charge in [-0.1, -0.05) is 42.5 Å². The number of carbonyl (C=O) groups excluding carboxylic acids is 2. The molecule has 5 heteroatoms. The van der Waals surface area contributed by atoms with Crippen LogP contribution in [0.15, 0.2) is 54.6 Å². The Balaban J connectivity index is 1.29. The molecule has 0 atom stereocenters. The minimum absolute atomic E-state index is 0.0355. The lowest BCUT2D eigenvalue weighted by Crippen LogP contribution is -2.38. The van der Waals surface area contributed by atoms with Gasteiger partial charge in [0.1, 0.15) is 0 Å². The topological polar surface area (TPSA) is 50.3 Å². The molecule has 1 fully saturated rings. The summed E-state index contributed by atoms with van der Waals surface area (Å²) in [7, 11) is 0. The van der Waals surface area contributed by atoms with Crippen LogP contribution in [0.4, 0.5) is 0 Å². The summed E-state index contributed by atoms with van der Waals surface area (Å²) in [6.45, 7) is 1.50. The minimum Gasteiger partial charge on any atom is -0.343 e. The van der Waals surface area contributed by atoms with E-state index in [0.717, 1.165) is 31.4 Å². The number of likely N-dealkylation sites (tertiary alicyclic amines) is 1. The fraction of sp³-hybridized carbons (Fsp3) is 0.318. The van der Waals surface area contributed by atoms with Gasteiger partial charge in [0.05, 0.1) is 15.2 Å². The van der Waals surface area contributed by atoms with Crippen LogP contribution >= 0.6 is 11.3 Å². The lowest BCUT2D eigenvalue weighted by Gasteiger charge is -2.31. The van der Waals surface area contributed by atoms with Crippen LogP contribution in [-0.4, -0.2) is 34.7 Å². The van der Waals surface area contributed by atoms with Crippen LogP contribution in [-0.2, 0) is 4.79 Å². The van der Waals surface area contributed by atoms with Crippen LogP contribution < -0.4 is 0 Å².